The van der Waals surface area contributed by atoms with Gasteiger partial charge in [-0.15, -0.1) is 0 Å². The number of fused-ring (bicyclic) bond motifs is 1. The van der Waals surface area contributed by atoms with E-state index in [1.165, 1.54) is 0 Å². The van der Waals surface area contributed by atoms with E-state index in [4.69, 9.17) is 4.74 Å². The summed E-state index contributed by atoms with van der Waals surface area (Å²) in [5.41, 5.74) is 1.56. The van der Waals surface area contributed by atoms with E-state index in [2.05, 4.69) is 41.0 Å². The summed E-state index contributed by atoms with van der Waals surface area (Å²) >= 11 is 0. The van der Waals surface area contributed by atoms with Gasteiger partial charge in [0.25, 0.3) is 0 Å². The quantitative estimate of drug-likeness (QED) is 0.893. The van der Waals surface area contributed by atoms with Gasteiger partial charge in [0.05, 0.1) is 12.9 Å². The molecule has 0 aliphatic heterocycles. The van der Waals surface area contributed by atoms with E-state index in [-0.39, 0.29) is 5.54 Å². The second-order valence-corrected chi connectivity index (χ2v) is 5.20. The van der Waals surface area contributed by atoms with E-state index < -0.39 is 0 Å². The summed E-state index contributed by atoms with van der Waals surface area (Å²) in [5.74, 6) is 0.767. The van der Waals surface area contributed by atoms with E-state index in [1.54, 1.807) is 19.8 Å². The Balaban J connectivity index is 2.36. The van der Waals surface area contributed by atoms with Crippen molar-refractivity contribution in [3.8, 4) is 0 Å². The highest BCUT2D eigenvalue weighted by Crippen LogP contribution is 2.20. The minimum Gasteiger partial charge on any atom is -0.383 e. The maximum Gasteiger partial charge on any atom is 0.165 e. The van der Waals surface area contributed by atoms with E-state index in [9.17, 15) is 0 Å². The number of nitrogens with zero attached hydrogens (tertiary/aromatic N) is 4. The lowest BCUT2D eigenvalue weighted by Crippen LogP contribution is -2.26. The van der Waals surface area contributed by atoms with Gasteiger partial charge in [-0.1, -0.05) is 0 Å². The Kier molecular flexibility index (Phi) is 3.47. The van der Waals surface area contributed by atoms with Crippen LogP contribution in [0.5, 0.6) is 0 Å². The van der Waals surface area contributed by atoms with Crippen LogP contribution in [0.1, 0.15) is 20.8 Å². The van der Waals surface area contributed by atoms with Gasteiger partial charge < -0.3 is 14.6 Å². The number of imidazole rings is 1. The van der Waals surface area contributed by atoms with Crippen molar-refractivity contribution in [3.63, 3.8) is 0 Å². The highest BCUT2D eigenvalue weighted by Gasteiger charge is 2.15. The van der Waals surface area contributed by atoms with Crippen LogP contribution in [0.3, 0.4) is 0 Å². The van der Waals surface area contributed by atoms with Crippen LogP contribution >= 0.6 is 0 Å². The molecule has 18 heavy (non-hydrogen) atoms. The lowest BCUT2D eigenvalue weighted by molar-refractivity contribution is 0.188. The Labute approximate surface area is 106 Å². The number of methoxy groups -OCH3 is 1. The average molecular weight is 249 g/mol. The molecule has 0 bridgehead atoms. The molecular weight excluding hydrogens is 230 g/mol. The van der Waals surface area contributed by atoms with Crippen LogP contribution in [0.15, 0.2) is 12.7 Å². The summed E-state index contributed by atoms with van der Waals surface area (Å²) < 4.78 is 7.03. The first-order valence-corrected chi connectivity index (χ1v) is 5.94. The van der Waals surface area contributed by atoms with Crippen molar-refractivity contribution >= 4 is 17.0 Å². The van der Waals surface area contributed by atoms with Crippen molar-refractivity contribution in [1.29, 1.82) is 0 Å². The molecule has 0 atom stereocenters. The molecule has 0 fully saturated rings. The molecule has 6 heteroatoms. The van der Waals surface area contributed by atoms with Gasteiger partial charge in [-0.05, 0) is 20.8 Å². The zero-order valence-corrected chi connectivity index (χ0v) is 11.3. The van der Waals surface area contributed by atoms with E-state index in [0.717, 1.165) is 23.5 Å². The number of ether oxygens (including phenoxy) is 1. The van der Waals surface area contributed by atoms with Gasteiger partial charge in [0.2, 0.25) is 0 Å². The van der Waals surface area contributed by atoms with Crippen molar-refractivity contribution < 1.29 is 4.74 Å². The molecular formula is C12H19N5O. The van der Waals surface area contributed by atoms with Crippen LogP contribution < -0.4 is 5.32 Å². The zero-order chi connectivity index (χ0) is 13.2. The minimum atomic E-state index is -0.0579. The van der Waals surface area contributed by atoms with Gasteiger partial charge in [0.15, 0.2) is 11.5 Å². The molecule has 98 valence electrons. The van der Waals surface area contributed by atoms with Gasteiger partial charge >= 0.3 is 0 Å². The number of hydrogen-bond donors (Lipinski definition) is 1. The molecule has 0 aromatic carbocycles. The van der Waals surface area contributed by atoms with Crippen molar-refractivity contribution in [1.82, 2.24) is 19.5 Å². The monoisotopic (exact) mass is 249 g/mol. The van der Waals surface area contributed by atoms with Crippen LogP contribution in [-0.4, -0.2) is 38.8 Å². The third kappa shape index (κ3) is 2.76. The van der Waals surface area contributed by atoms with Crippen LogP contribution in [0, 0.1) is 0 Å². The Morgan fingerprint density at radius 2 is 2.06 bits per heavy atom. The maximum atomic E-state index is 5.07. The first-order valence-electron chi connectivity index (χ1n) is 5.94. The molecule has 6 nitrogen and oxygen atoms in total. The molecule has 2 heterocycles. The van der Waals surface area contributed by atoms with Crippen molar-refractivity contribution in [2.45, 2.75) is 32.9 Å². The third-order valence-corrected chi connectivity index (χ3v) is 2.43. The molecule has 2 aromatic rings. The van der Waals surface area contributed by atoms with Crippen LogP contribution in [0.25, 0.3) is 11.2 Å². The predicted molar refractivity (Wildman–Crippen MR) is 70.6 cm³/mol. The minimum absolute atomic E-state index is 0.0579. The fourth-order valence-electron chi connectivity index (χ4n) is 1.68. The number of hydrogen-bond acceptors (Lipinski definition) is 5. The van der Waals surface area contributed by atoms with E-state index >= 15 is 0 Å². The molecule has 0 aliphatic carbocycles. The number of anilines is 1. The maximum absolute atomic E-state index is 5.07. The van der Waals surface area contributed by atoms with Gasteiger partial charge in [0, 0.05) is 19.2 Å². The second kappa shape index (κ2) is 4.89. The molecule has 0 saturated heterocycles. The summed E-state index contributed by atoms with van der Waals surface area (Å²) in [6.45, 7) is 7.63. The molecule has 0 saturated carbocycles. The molecule has 2 aromatic heterocycles. The molecule has 1 N–H and O–H groups in total. The highest BCUT2D eigenvalue weighted by molar-refractivity contribution is 5.82. The molecule has 0 spiro atoms. The van der Waals surface area contributed by atoms with Crippen molar-refractivity contribution in [2.24, 2.45) is 0 Å². The molecule has 0 aliphatic rings. The number of nitrogens with one attached hydrogen (secondary N) is 1. The normalized spacial score (nSPS) is 12.0. The largest absolute Gasteiger partial charge is 0.383 e. The van der Waals surface area contributed by atoms with Gasteiger partial charge in [-0.25, -0.2) is 15.0 Å². The topological polar surface area (TPSA) is 64.9 Å². The van der Waals surface area contributed by atoms with Crippen LogP contribution in [0.2, 0.25) is 0 Å². The third-order valence-electron chi connectivity index (χ3n) is 2.43. The zero-order valence-electron chi connectivity index (χ0n) is 11.3. The number of rotatable bonds is 4. The van der Waals surface area contributed by atoms with E-state index in [1.807, 2.05) is 4.57 Å². The lowest BCUT2D eigenvalue weighted by atomic mass is 10.1. The van der Waals surface area contributed by atoms with Gasteiger partial charge in [0.1, 0.15) is 11.8 Å². The molecule has 0 unspecified atom stereocenters. The lowest BCUT2D eigenvalue weighted by Gasteiger charge is -2.21. The Morgan fingerprint density at radius 3 is 2.72 bits per heavy atom. The highest BCUT2D eigenvalue weighted by atomic mass is 16.5. The molecule has 0 radical (unpaired) electrons. The summed E-state index contributed by atoms with van der Waals surface area (Å²) in [4.78, 5) is 12.9. The second-order valence-electron chi connectivity index (χ2n) is 5.20. The first kappa shape index (κ1) is 12.8. The summed E-state index contributed by atoms with van der Waals surface area (Å²) in [5, 5.41) is 3.34. The predicted octanol–water partition coefficient (Wildman–Crippen LogP) is 1.68. The Hall–Kier alpha value is -1.69. The van der Waals surface area contributed by atoms with Gasteiger partial charge in [-0.3, -0.25) is 0 Å². The first-order chi connectivity index (χ1) is 8.51. The summed E-state index contributed by atoms with van der Waals surface area (Å²) in [6, 6.07) is 0. The van der Waals surface area contributed by atoms with Gasteiger partial charge in [-0.2, -0.15) is 0 Å². The fraction of sp³-hybridized carbons (Fsp3) is 0.583. The Morgan fingerprint density at radius 1 is 1.28 bits per heavy atom. The smallest absolute Gasteiger partial charge is 0.165 e. The Bertz CT molecular complexity index is 529. The van der Waals surface area contributed by atoms with Crippen LogP contribution in [0.4, 0.5) is 5.82 Å². The fourth-order valence-corrected chi connectivity index (χ4v) is 1.68. The SMILES string of the molecule is COCCn1cnc2c(NC(C)(C)C)ncnc21. The summed E-state index contributed by atoms with van der Waals surface area (Å²) in [6.07, 6.45) is 3.33. The average Bonchev–Trinajstić information content (AvgIpc) is 2.69. The van der Waals surface area contributed by atoms with Crippen molar-refractivity contribution in [2.75, 3.05) is 19.0 Å². The molecule has 0 amide bonds. The van der Waals surface area contributed by atoms with Crippen LogP contribution in [-0.2, 0) is 11.3 Å². The molecule has 2 rings (SSSR count). The van der Waals surface area contributed by atoms with E-state index in [0.29, 0.717) is 6.61 Å². The number of aromatic nitrogens is 4. The standard InChI is InChI=1S/C12H19N5O/c1-12(2,3)16-10-9-11(14-7-13-10)17(8-15-9)5-6-18-4/h7-8H,5-6H2,1-4H3,(H,13,14,16). The van der Waals surface area contributed by atoms with Crippen molar-refractivity contribution in [3.05, 3.63) is 12.7 Å². The summed E-state index contributed by atoms with van der Waals surface area (Å²) in [7, 11) is 1.68.